The molecule has 48 valence electrons. The maximum absolute atomic E-state index is 2.35. The molecule has 0 rings (SSSR count). The molecule has 2 heteroatoms. The van der Waals surface area contributed by atoms with E-state index in [1.165, 1.54) is 0 Å². The van der Waals surface area contributed by atoms with Gasteiger partial charge in [0.15, 0.2) is 0 Å². The molecule has 0 saturated carbocycles. The van der Waals surface area contributed by atoms with Gasteiger partial charge < -0.3 is 0 Å². The topological polar surface area (TPSA) is 0 Å². The van der Waals surface area contributed by atoms with Crippen LogP contribution in [0.5, 0.6) is 0 Å². The van der Waals surface area contributed by atoms with Crippen LogP contribution in [0.3, 0.4) is 0 Å². The summed E-state index contributed by atoms with van der Waals surface area (Å²) < 4.78 is 0. The Morgan fingerprint density at radius 1 is 1.00 bits per heavy atom. The Balaban J connectivity index is 0. The van der Waals surface area contributed by atoms with Crippen LogP contribution in [0.15, 0.2) is 0 Å². The van der Waals surface area contributed by atoms with E-state index in [4.69, 9.17) is 0 Å². The smallest absolute Gasteiger partial charge is 0.0470 e. The number of rotatable bonds is 0. The van der Waals surface area contributed by atoms with Crippen LogP contribution in [0.25, 0.3) is 0 Å². The maximum atomic E-state index is 2.35. The molecule has 8 heavy (non-hydrogen) atoms. The van der Waals surface area contributed by atoms with Gasteiger partial charge in [-0.25, -0.2) is 0 Å². The Kier molecular flexibility index (Phi) is 5.82. The molecule has 0 N–H and O–H groups in total. The predicted molar refractivity (Wildman–Crippen MR) is 43.0 cm³/mol. The normalized spacial score (nSPS) is 11.2. The summed E-state index contributed by atoms with van der Waals surface area (Å²) in [5.41, 5.74) is 0. The van der Waals surface area contributed by atoms with E-state index in [2.05, 4.69) is 33.9 Å². The van der Waals surface area contributed by atoms with E-state index in [1.54, 1.807) is 0 Å². The summed E-state index contributed by atoms with van der Waals surface area (Å²) in [6.07, 6.45) is 0. The fourth-order valence-corrected chi connectivity index (χ4v) is 0. The zero-order chi connectivity index (χ0) is 6.08. The van der Waals surface area contributed by atoms with Crippen molar-refractivity contribution >= 4 is 33.2 Å². The third kappa shape index (κ3) is 5.18. The molecule has 0 aliphatic rings. The summed E-state index contributed by atoms with van der Waals surface area (Å²) >= 11 is 0. The van der Waals surface area contributed by atoms with Crippen molar-refractivity contribution in [2.24, 2.45) is 0 Å². The molecule has 0 atom stereocenters. The molecule has 0 nitrogen and oxygen atoms in total. The maximum Gasteiger partial charge on any atom is 0.0470 e. The number of hydrogen-bond donors (Lipinski definition) is 0. The van der Waals surface area contributed by atoms with Crippen LogP contribution < -0.4 is 0 Å². The van der Waals surface area contributed by atoms with Crippen LogP contribution in [0.1, 0.15) is 20.8 Å². The molecule has 0 aromatic carbocycles. The van der Waals surface area contributed by atoms with Crippen LogP contribution in [0, 0.1) is 0 Å². The second kappa shape index (κ2) is 3.95. The molecular weight excluding hydrogens is 222 g/mol. The third-order valence-electron chi connectivity index (χ3n) is 1.50. The molecule has 0 aliphatic carbocycles. The van der Waals surface area contributed by atoms with Gasteiger partial charge in [0.2, 0.25) is 0 Å². The van der Waals surface area contributed by atoms with Crippen molar-refractivity contribution < 1.29 is 0 Å². The van der Waals surface area contributed by atoms with E-state index in [9.17, 15) is 0 Å². The Hall–Kier alpha value is 1.04. The zero-order valence-corrected chi connectivity index (χ0v) is 10.0. The Morgan fingerprint density at radius 2 is 1.12 bits per heavy atom. The standard InChI is InChI=1S/C6H15Si.Sb/c1-6(2,3)7(4)5;/h1-5H3;. The van der Waals surface area contributed by atoms with Crippen molar-refractivity contribution in [2.75, 3.05) is 0 Å². The Labute approximate surface area is 72.1 Å². The van der Waals surface area contributed by atoms with Gasteiger partial charge >= 0.3 is 0 Å². The summed E-state index contributed by atoms with van der Waals surface area (Å²) in [4.78, 5) is 0. The largest absolute Gasteiger partial charge is 0.0709 e. The van der Waals surface area contributed by atoms with Gasteiger partial charge in [0.25, 0.3) is 0 Å². The van der Waals surface area contributed by atoms with Crippen LogP contribution in [0.2, 0.25) is 18.1 Å². The first kappa shape index (κ1) is 11.8. The van der Waals surface area contributed by atoms with Gasteiger partial charge in [0.05, 0.1) is 0 Å². The van der Waals surface area contributed by atoms with E-state index in [-0.39, 0.29) is 33.2 Å². The summed E-state index contributed by atoms with van der Waals surface area (Å²) in [7, 11) is -0.0502. The Bertz CT molecular complexity index is 54.0. The summed E-state index contributed by atoms with van der Waals surface area (Å²) in [5.74, 6) is 0. The fraction of sp³-hybridized carbons (Fsp3) is 1.00. The van der Waals surface area contributed by atoms with Crippen LogP contribution in [0.4, 0.5) is 0 Å². The summed E-state index contributed by atoms with van der Waals surface area (Å²) in [5, 5.41) is 0.602. The van der Waals surface area contributed by atoms with Crippen molar-refractivity contribution in [1.82, 2.24) is 0 Å². The summed E-state index contributed by atoms with van der Waals surface area (Å²) in [6.45, 7) is 11.6. The van der Waals surface area contributed by atoms with Gasteiger partial charge in [-0.05, 0) is 5.04 Å². The zero-order valence-electron chi connectivity index (χ0n) is 6.45. The minimum Gasteiger partial charge on any atom is -0.0709 e. The molecular formula is C6H15SbSi. The molecule has 0 aromatic rings. The molecule has 0 aliphatic heterocycles. The van der Waals surface area contributed by atoms with E-state index in [0.29, 0.717) is 5.04 Å². The third-order valence-corrected chi connectivity index (χ3v) is 4.50. The molecule has 0 heterocycles. The van der Waals surface area contributed by atoms with Crippen molar-refractivity contribution in [1.29, 1.82) is 0 Å². The second-order valence-electron chi connectivity index (χ2n) is 3.25. The van der Waals surface area contributed by atoms with Crippen LogP contribution in [-0.4, -0.2) is 33.2 Å². The van der Waals surface area contributed by atoms with E-state index < -0.39 is 0 Å². The first-order valence-corrected chi connectivity index (χ1v) is 5.25. The summed E-state index contributed by atoms with van der Waals surface area (Å²) in [6, 6.07) is 0. The fourth-order valence-electron chi connectivity index (χ4n) is 0. The van der Waals surface area contributed by atoms with Crippen LogP contribution >= 0.6 is 0 Å². The molecule has 0 saturated heterocycles. The molecule has 4 radical (unpaired) electrons. The van der Waals surface area contributed by atoms with E-state index >= 15 is 0 Å². The van der Waals surface area contributed by atoms with Crippen molar-refractivity contribution in [3.63, 3.8) is 0 Å². The Morgan fingerprint density at radius 3 is 1.12 bits per heavy atom. The first-order valence-electron chi connectivity index (χ1n) is 2.75. The average molecular weight is 237 g/mol. The monoisotopic (exact) mass is 236 g/mol. The van der Waals surface area contributed by atoms with Gasteiger partial charge in [0.1, 0.15) is 0 Å². The molecule has 0 spiro atoms. The van der Waals surface area contributed by atoms with Gasteiger partial charge in [0, 0.05) is 33.2 Å². The predicted octanol–water partition coefficient (Wildman–Crippen LogP) is 2.16. The van der Waals surface area contributed by atoms with Crippen LogP contribution in [-0.2, 0) is 0 Å². The second-order valence-corrected chi connectivity index (χ2v) is 6.75. The van der Waals surface area contributed by atoms with Gasteiger partial charge in [-0.1, -0.05) is 33.9 Å². The van der Waals surface area contributed by atoms with Gasteiger partial charge in [-0.2, -0.15) is 0 Å². The molecule has 0 fully saturated rings. The first-order chi connectivity index (χ1) is 2.94. The molecule has 0 unspecified atom stereocenters. The minimum atomic E-state index is -0.0502. The minimum absolute atomic E-state index is 0. The molecule has 0 aromatic heterocycles. The average Bonchev–Trinajstić information content (AvgIpc) is 1.31. The van der Waals surface area contributed by atoms with Gasteiger partial charge in [-0.3, -0.25) is 0 Å². The van der Waals surface area contributed by atoms with Gasteiger partial charge in [-0.15, -0.1) is 0 Å². The van der Waals surface area contributed by atoms with Crippen molar-refractivity contribution in [3.05, 3.63) is 0 Å². The van der Waals surface area contributed by atoms with E-state index in [0.717, 1.165) is 0 Å². The molecule has 0 bridgehead atoms. The SMILES string of the molecule is C[Si](C)C(C)(C)C.[Sb]. The number of hydrogen-bond acceptors (Lipinski definition) is 0. The van der Waals surface area contributed by atoms with E-state index in [1.807, 2.05) is 0 Å². The van der Waals surface area contributed by atoms with Crippen molar-refractivity contribution in [2.45, 2.75) is 38.9 Å². The van der Waals surface area contributed by atoms with Crippen molar-refractivity contribution in [3.8, 4) is 0 Å². The quantitative estimate of drug-likeness (QED) is 0.566. The molecule has 0 amide bonds.